The van der Waals surface area contributed by atoms with E-state index in [1.807, 2.05) is 0 Å². The average molecular weight is 234 g/mol. The number of hydrogen-bond donors (Lipinski definition) is 3. The van der Waals surface area contributed by atoms with E-state index in [1.165, 1.54) is 0 Å². The van der Waals surface area contributed by atoms with E-state index in [0.717, 1.165) is 0 Å². The van der Waals surface area contributed by atoms with Gasteiger partial charge in [0.1, 0.15) is 11.5 Å². The van der Waals surface area contributed by atoms with Gasteiger partial charge in [0.2, 0.25) is 5.78 Å². The smallest absolute Gasteiger partial charge is 0.205 e. The monoisotopic (exact) mass is 233 g/mol. The molecular formula is C9H12ClNO4. The summed E-state index contributed by atoms with van der Waals surface area (Å²) < 4.78 is 0. The summed E-state index contributed by atoms with van der Waals surface area (Å²) in [5.74, 6) is -2.98. The maximum absolute atomic E-state index is 11.4. The predicted octanol–water partition coefficient (Wildman–Crippen LogP) is 0.241. The number of fused-ring (bicyclic) bond motifs is 2. The molecule has 84 valence electrons. The standard InChI is InChI=1S/C9H11NO4.ClH/c10-6-4-1-3(11)2-5(6)8(13)9(14)7(4)12;/h4-6,12,14H,1-2,10H2;1H. The van der Waals surface area contributed by atoms with Gasteiger partial charge in [0.05, 0.1) is 0 Å². The molecule has 0 radical (unpaired) electrons. The Hall–Kier alpha value is -1.07. The molecule has 15 heavy (non-hydrogen) atoms. The van der Waals surface area contributed by atoms with Crippen LogP contribution in [0.15, 0.2) is 11.5 Å². The Morgan fingerprint density at radius 2 is 1.67 bits per heavy atom. The molecule has 0 aromatic rings. The van der Waals surface area contributed by atoms with Crippen molar-refractivity contribution in [3.63, 3.8) is 0 Å². The maximum atomic E-state index is 11.4. The zero-order chi connectivity index (χ0) is 10.5. The second-order valence-electron chi connectivity index (χ2n) is 3.84. The summed E-state index contributed by atoms with van der Waals surface area (Å²) in [7, 11) is 0. The number of halogens is 1. The molecule has 2 aliphatic carbocycles. The minimum atomic E-state index is -0.655. The van der Waals surface area contributed by atoms with Gasteiger partial charge in [0.15, 0.2) is 5.76 Å². The Morgan fingerprint density at radius 1 is 1.13 bits per heavy atom. The number of hydrogen-bond acceptors (Lipinski definition) is 5. The molecule has 2 aliphatic rings. The van der Waals surface area contributed by atoms with Gasteiger partial charge in [0, 0.05) is 30.7 Å². The van der Waals surface area contributed by atoms with Crippen LogP contribution in [0.5, 0.6) is 0 Å². The third-order valence-electron chi connectivity index (χ3n) is 2.99. The topological polar surface area (TPSA) is 101 Å². The van der Waals surface area contributed by atoms with Crippen molar-refractivity contribution in [2.24, 2.45) is 17.6 Å². The van der Waals surface area contributed by atoms with E-state index in [9.17, 15) is 19.8 Å². The zero-order valence-corrected chi connectivity index (χ0v) is 8.66. The Morgan fingerprint density at radius 3 is 2.27 bits per heavy atom. The van der Waals surface area contributed by atoms with Crippen LogP contribution in [0.3, 0.4) is 0 Å². The van der Waals surface area contributed by atoms with Crippen molar-refractivity contribution in [2.45, 2.75) is 18.9 Å². The van der Waals surface area contributed by atoms with Crippen LogP contribution in [0.25, 0.3) is 0 Å². The summed E-state index contributed by atoms with van der Waals surface area (Å²) in [6.07, 6.45) is 0.189. The highest BCUT2D eigenvalue weighted by atomic mass is 35.5. The first-order chi connectivity index (χ1) is 6.52. The largest absolute Gasteiger partial charge is 0.508 e. The van der Waals surface area contributed by atoms with Gasteiger partial charge in [-0.2, -0.15) is 0 Å². The summed E-state index contributed by atoms with van der Waals surface area (Å²) in [6.45, 7) is 0. The van der Waals surface area contributed by atoms with Gasteiger partial charge in [-0.3, -0.25) is 9.59 Å². The van der Waals surface area contributed by atoms with Crippen LogP contribution in [0.4, 0.5) is 0 Å². The van der Waals surface area contributed by atoms with Crippen LogP contribution in [0.1, 0.15) is 12.8 Å². The number of aliphatic hydroxyl groups is 2. The van der Waals surface area contributed by atoms with Gasteiger partial charge < -0.3 is 15.9 Å². The first-order valence-electron chi connectivity index (χ1n) is 4.46. The minimum absolute atomic E-state index is 0. The first kappa shape index (κ1) is 12.0. The summed E-state index contributed by atoms with van der Waals surface area (Å²) in [6, 6.07) is -0.545. The van der Waals surface area contributed by atoms with Gasteiger partial charge in [-0.25, -0.2) is 0 Å². The van der Waals surface area contributed by atoms with E-state index in [-0.39, 0.29) is 31.0 Å². The lowest BCUT2D eigenvalue weighted by Gasteiger charge is -2.37. The van der Waals surface area contributed by atoms with Gasteiger partial charge >= 0.3 is 0 Å². The number of carbonyl (C=O) groups is 2. The van der Waals surface area contributed by atoms with Gasteiger partial charge in [-0.05, 0) is 0 Å². The van der Waals surface area contributed by atoms with E-state index in [0.29, 0.717) is 0 Å². The summed E-state index contributed by atoms with van der Waals surface area (Å²) in [5.41, 5.74) is 5.71. The molecule has 4 N–H and O–H groups in total. The van der Waals surface area contributed by atoms with Crippen molar-refractivity contribution in [3.8, 4) is 0 Å². The summed E-state index contributed by atoms with van der Waals surface area (Å²) >= 11 is 0. The van der Waals surface area contributed by atoms with Crippen molar-refractivity contribution in [1.29, 1.82) is 0 Å². The first-order valence-corrected chi connectivity index (χ1v) is 4.46. The molecular weight excluding hydrogens is 222 g/mol. The van der Waals surface area contributed by atoms with Crippen LogP contribution in [0.2, 0.25) is 0 Å². The Labute approximate surface area is 92.4 Å². The highest BCUT2D eigenvalue weighted by Crippen LogP contribution is 2.37. The quantitative estimate of drug-likeness (QED) is 0.557. The van der Waals surface area contributed by atoms with E-state index in [4.69, 9.17) is 5.73 Å². The number of nitrogens with two attached hydrogens (primary N) is 1. The van der Waals surface area contributed by atoms with E-state index >= 15 is 0 Å². The van der Waals surface area contributed by atoms with Gasteiger partial charge in [-0.1, -0.05) is 0 Å². The molecule has 0 saturated heterocycles. The lowest BCUT2D eigenvalue weighted by molar-refractivity contribution is -0.133. The molecule has 0 spiro atoms. The number of Topliss-reactive ketones (excluding diaryl/α,β-unsaturated/α-hetero) is 2. The van der Waals surface area contributed by atoms with Crippen molar-refractivity contribution >= 4 is 24.0 Å². The van der Waals surface area contributed by atoms with Crippen molar-refractivity contribution in [3.05, 3.63) is 11.5 Å². The van der Waals surface area contributed by atoms with Gasteiger partial charge in [-0.15, -0.1) is 12.4 Å². The maximum Gasteiger partial charge on any atom is 0.205 e. The van der Waals surface area contributed by atoms with Crippen LogP contribution in [-0.4, -0.2) is 27.8 Å². The van der Waals surface area contributed by atoms with E-state index < -0.39 is 35.2 Å². The lowest BCUT2D eigenvalue weighted by atomic mass is 9.69. The fraction of sp³-hybridized carbons (Fsp3) is 0.556. The van der Waals surface area contributed by atoms with Crippen LogP contribution in [-0.2, 0) is 9.59 Å². The Kier molecular flexibility index (Phi) is 3.06. The minimum Gasteiger partial charge on any atom is -0.508 e. The fourth-order valence-corrected chi connectivity index (χ4v) is 2.15. The third-order valence-corrected chi connectivity index (χ3v) is 2.99. The number of rotatable bonds is 0. The highest BCUT2D eigenvalue weighted by Gasteiger charge is 2.47. The normalized spacial score (nSPS) is 35.1. The number of carbonyl (C=O) groups excluding carboxylic acids is 2. The molecule has 0 aromatic carbocycles. The second kappa shape index (κ2) is 3.83. The molecule has 3 unspecified atom stereocenters. The van der Waals surface area contributed by atoms with Crippen molar-refractivity contribution in [2.75, 3.05) is 0 Å². The third kappa shape index (κ3) is 1.61. The predicted molar refractivity (Wildman–Crippen MR) is 53.7 cm³/mol. The molecule has 0 heterocycles. The molecule has 0 aromatic heterocycles. The van der Waals surface area contributed by atoms with Crippen molar-refractivity contribution < 1.29 is 19.8 Å². The van der Waals surface area contributed by atoms with Crippen LogP contribution in [0, 0.1) is 11.8 Å². The molecule has 2 rings (SSSR count). The van der Waals surface area contributed by atoms with Crippen molar-refractivity contribution in [1.82, 2.24) is 0 Å². The van der Waals surface area contributed by atoms with Gasteiger partial charge in [0.25, 0.3) is 0 Å². The molecule has 0 aliphatic heterocycles. The molecule has 1 saturated carbocycles. The number of allylic oxidation sites excluding steroid dienone is 1. The van der Waals surface area contributed by atoms with E-state index in [1.54, 1.807) is 0 Å². The average Bonchev–Trinajstić information content (AvgIpc) is 2.16. The SMILES string of the molecule is Cl.NC1C2CC(=O)CC1C(O)=C(O)C2=O. The summed E-state index contributed by atoms with van der Waals surface area (Å²) in [4.78, 5) is 22.6. The lowest BCUT2D eigenvalue weighted by Crippen LogP contribution is -2.51. The number of ketones is 2. The van der Waals surface area contributed by atoms with Crippen LogP contribution >= 0.6 is 12.4 Å². The number of aliphatic hydroxyl groups excluding tert-OH is 2. The molecule has 6 heteroatoms. The summed E-state index contributed by atoms with van der Waals surface area (Å²) in [5, 5.41) is 18.7. The molecule has 3 atom stereocenters. The zero-order valence-electron chi connectivity index (χ0n) is 7.84. The Bertz CT molecular complexity index is 352. The molecule has 5 nitrogen and oxygen atoms in total. The fourth-order valence-electron chi connectivity index (χ4n) is 2.15. The molecule has 0 amide bonds. The highest BCUT2D eigenvalue weighted by molar-refractivity contribution is 6.01. The molecule has 1 fully saturated rings. The van der Waals surface area contributed by atoms with Crippen LogP contribution < -0.4 is 5.73 Å². The molecule has 2 bridgehead atoms. The second-order valence-corrected chi connectivity index (χ2v) is 3.84. The van der Waals surface area contributed by atoms with E-state index in [2.05, 4.69) is 0 Å². The Balaban J connectivity index is 0.00000112.